The lowest BCUT2D eigenvalue weighted by atomic mass is 10.2. The molecule has 6 nitrogen and oxygen atoms in total. The molecule has 0 unspecified atom stereocenters. The van der Waals surface area contributed by atoms with Crippen molar-refractivity contribution in [3.05, 3.63) is 52.3 Å². The van der Waals surface area contributed by atoms with Crippen LogP contribution in [0, 0.1) is 6.92 Å². The second kappa shape index (κ2) is 6.70. The number of nitrogens with zero attached hydrogens (tertiary/aromatic N) is 4. The van der Waals surface area contributed by atoms with Crippen LogP contribution in [0.2, 0.25) is 0 Å². The van der Waals surface area contributed by atoms with E-state index in [0.717, 1.165) is 16.3 Å². The van der Waals surface area contributed by atoms with E-state index in [0.29, 0.717) is 11.8 Å². The van der Waals surface area contributed by atoms with Crippen LogP contribution >= 0.6 is 11.3 Å². The highest BCUT2D eigenvalue weighted by molar-refractivity contribution is 7.09. The van der Waals surface area contributed by atoms with E-state index >= 15 is 0 Å². The monoisotopic (exact) mass is 328 g/mol. The van der Waals surface area contributed by atoms with E-state index in [1.54, 1.807) is 23.3 Å². The number of benzene rings is 1. The molecule has 0 aliphatic heterocycles. The van der Waals surface area contributed by atoms with Gasteiger partial charge in [-0.2, -0.15) is 0 Å². The van der Waals surface area contributed by atoms with Gasteiger partial charge in [-0.3, -0.25) is 4.79 Å². The van der Waals surface area contributed by atoms with E-state index in [2.05, 4.69) is 15.2 Å². The number of aromatic nitrogens is 3. The summed E-state index contributed by atoms with van der Waals surface area (Å²) in [5, 5.41) is 10.9. The average Bonchev–Trinajstić information content (AvgIpc) is 3.17. The number of likely N-dealkylation sites (N-methyl/N-ethyl adjacent to an activating group) is 1. The molecule has 7 heteroatoms. The molecule has 2 heterocycles. The van der Waals surface area contributed by atoms with Crippen molar-refractivity contribution < 1.29 is 9.21 Å². The molecule has 3 rings (SSSR count). The number of hydrogen-bond donors (Lipinski definition) is 0. The van der Waals surface area contributed by atoms with Crippen molar-refractivity contribution in [3.63, 3.8) is 0 Å². The number of carbonyl (C=O) groups excluding carboxylic acids is 1. The Bertz CT molecular complexity index is 797. The Balaban J connectivity index is 1.62. The number of hydrogen-bond acceptors (Lipinski definition) is 6. The van der Waals surface area contributed by atoms with Gasteiger partial charge in [0.2, 0.25) is 17.7 Å². The number of carbonyl (C=O) groups is 1. The molecule has 0 fully saturated rings. The lowest BCUT2D eigenvalue weighted by Crippen LogP contribution is -2.28. The topological polar surface area (TPSA) is 72.1 Å². The standard InChI is InChI=1S/C16H16N4O2S/c1-11-17-13(10-23-11)8-15(21)20(2)9-14-18-19-16(22-14)12-6-4-3-5-7-12/h3-7,10H,8-9H2,1-2H3. The first-order chi connectivity index (χ1) is 11.1. The van der Waals surface area contributed by atoms with Crippen molar-refractivity contribution in [1.82, 2.24) is 20.1 Å². The van der Waals surface area contributed by atoms with E-state index in [1.807, 2.05) is 42.6 Å². The van der Waals surface area contributed by atoms with Crippen LogP contribution in [0.15, 0.2) is 40.1 Å². The predicted octanol–water partition coefficient (Wildman–Crippen LogP) is 2.70. The number of amides is 1. The largest absolute Gasteiger partial charge is 0.419 e. The minimum absolute atomic E-state index is 0.0326. The van der Waals surface area contributed by atoms with Crippen molar-refractivity contribution in [2.75, 3.05) is 7.05 Å². The molecule has 1 aromatic carbocycles. The summed E-state index contributed by atoms with van der Waals surface area (Å²) < 4.78 is 5.62. The highest BCUT2D eigenvalue weighted by atomic mass is 32.1. The fourth-order valence-corrected chi connectivity index (χ4v) is 2.70. The summed E-state index contributed by atoms with van der Waals surface area (Å²) in [7, 11) is 1.72. The highest BCUT2D eigenvalue weighted by Crippen LogP contribution is 2.17. The van der Waals surface area contributed by atoms with Crippen molar-refractivity contribution in [2.45, 2.75) is 19.9 Å². The van der Waals surface area contributed by atoms with Gasteiger partial charge in [0, 0.05) is 18.0 Å². The maximum Gasteiger partial charge on any atom is 0.247 e. The molecular weight excluding hydrogens is 312 g/mol. The third-order valence-corrected chi connectivity index (χ3v) is 4.11. The molecule has 118 valence electrons. The van der Waals surface area contributed by atoms with Gasteiger partial charge >= 0.3 is 0 Å². The maximum absolute atomic E-state index is 12.2. The Labute approximate surface area is 137 Å². The van der Waals surface area contributed by atoms with E-state index < -0.39 is 0 Å². The zero-order chi connectivity index (χ0) is 16.2. The molecule has 23 heavy (non-hydrogen) atoms. The zero-order valence-electron chi connectivity index (χ0n) is 12.9. The number of thiazole rings is 1. The highest BCUT2D eigenvalue weighted by Gasteiger charge is 2.15. The maximum atomic E-state index is 12.2. The molecular formula is C16H16N4O2S. The van der Waals surface area contributed by atoms with E-state index in [4.69, 9.17) is 4.42 Å². The third-order valence-electron chi connectivity index (χ3n) is 3.28. The zero-order valence-corrected chi connectivity index (χ0v) is 13.7. The molecule has 0 saturated heterocycles. The van der Waals surface area contributed by atoms with Gasteiger partial charge in [-0.25, -0.2) is 4.98 Å². The van der Waals surface area contributed by atoms with Crippen molar-refractivity contribution in [2.24, 2.45) is 0 Å². The lowest BCUT2D eigenvalue weighted by Gasteiger charge is -2.13. The molecule has 0 aliphatic carbocycles. The van der Waals surface area contributed by atoms with E-state index in [9.17, 15) is 4.79 Å². The van der Waals surface area contributed by atoms with Crippen LogP contribution in [0.25, 0.3) is 11.5 Å². The molecule has 0 spiro atoms. The van der Waals surface area contributed by atoms with Crippen molar-refractivity contribution in [3.8, 4) is 11.5 Å². The first-order valence-electron chi connectivity index (χ1n) is 7.14. The fraction of sp³-hybridized carbons (Fsp3) is 0.250. The summed E-state index contributed by atoms with van der Waals surface area (Å²) in [4.78, 5) is 18.1. The third kappa shape index (κ3) is 3.81. The first kappa shape index (κ1) is 15.4. The summed E-state index contributed by atoms with van der Waals surface area (Å²) in [5.41, 5.74) is 1.65. The Kier molecular flexibility index (Phi) is 4.47. The van der Waals surface area contributed by atoms with Gasteiger partial charge in [-0.05, 0) is 19.1 Å². The van der Waals surface area contributed by atoms with Gasteiger partial charge in [0.15, 0.2) is 0 Å². The molecule has 1 amide bonds. The van der Waals surface area contributed by atoms with Gasteiger partial charge < -0.3 is 9.32 Å². The van der Waals surface area contributed by atoms with Crippen LogP contribution in [-0.2, 0) is 17.8 Å². The first-order valence-corrected chi connectivity index (χ1v) is 8.02. The minimum atomic E-state index is -0.0326. The predicted molar refractivity (Wildman–Crippen MR) is 86.8 cm³/mol. The quantitative estimate of drug-likeness (QED) is 0.720. The van der Waals surface area contributed by atoms with Crippen LogP contribution in [-0.4, -0.2) is 33.0 Å². The second-order valence-electron chi connectivity index (χ2n) is 5.15. The fourth-order valence-electron chi connectivity index (χ4n) is 2.09. The summed E-state index contributed by atoms with van der Waals surface area (Å²) in [6, 6.07) is 9.54. The Morgan fingerprint density at radius 2 is 2.04 bits per heavy atom. The molecule has 0 N–H and O–H groups in total. The smallest absolute Gasteiger partial charge is 0.247 e. The van der Waals surface area contributed by atoms with Crippen molar-refractivity contribution >= 4 is 17.2 Å². The molecule has 3 aromatic rings. The van der Waals surface area contributed by atoms with Crippen LogP contribution in [0.1, 0.15) is 16.6 Å². The SMILES string of the molecule is Cc1nc(CC(=O)N(C)Cc2nnc(-c3ccccc3)o2)cs1. The molecule has 0 radical (unpaired) electrons. The Morgan fingerprint density at radius 3 is 2.74 bits per heavy atom. The van der Waals surface area contributed by atoms with E-state index in [-0.39, 0.29) is 18.9 Å². The van der Waals surface area contributed by atoms with E-state index in [1.165, 1.54) is 0 Å². The molecule has 2 aromatic heterocycles. The average molecular weight is 328 g/mol. The number of aryl methyl sites for hydroxylation is 1. The number of rotatable bonds is 5. The van der Waals surface area contributed by atoms with Crippen LogP contribution in [0.5, 0.6) is 0 Å². The lowest BCUT2D eigenvalue weighted by molar-refractivity contribution is -0.130. The summed E-state index contributed by atoms with van der Waals surface area (Å²) >= 11 is 1.54. The normalized spacial score (nSPS) is 10.7. The van der Waals surface area contributed by atoms with Crippen LogP contribution < -0.4 is 0 Å². The van der Waals surface area contributed by atoms with Gasteiger partial charge in [0.1, 0.15) is 0 Å². The van der Waals surface area contributed by atoms with Gasteiger partial charge in [-0.15, -0.1) is 21.5 Å². The summed E-state index contributed by atoms with van der Waals surface area (Å²) in [6.45, 7) is 2.20. The minimum Gasteiger partial charge on any atom is -0.419 e. The van der Waals surface area contributed by atoms with Crippen molar-refractivity contribution in [1.29, 1.82) is 0 Å². The molecule has 0 bridgehead atoms. The van der Waals surface area contributed by atoms with Gasteiger partial charge in [-0.1, -0.05) is 18.2 Å². The Morgan fingerprint density at radius 1 is 1.26 bits per heavy atom. The Hall–Kier alpha value is -2.54. The van der Waals surface area contributed by atoms with Crippen LogP contribution in [0.3, 0.4) is 0 Å². The molecule has 0 atom stereocenters. The second-order valence-corrected chi connectivity index (χ2v) is 6.21. The van der Waals surface area contributed by atoms with Crippen LogP contribution in [0.4, 0.5) is 0 Å². The van der Waals surface area contributed by atoms with Gasteiger partial charge in [0.05, 0.1) is 23.7 Å². The molecule has 0 aliphatic rings. The summed E-state index contributed by atoms with van der Waals surface area (Å²) in [5.74, 6) is 0.834. The molecule has 0 saturated carbocycles. The summed E-state index contributed by atoms with van der Waals surface area (Å²) in [6.07, 6.45) is 0.278. The van der Waals surface area contributed by atoms with Gasteiger partial charge in [0.25, 0.3) is 0 Å².